The summed E-state index contributed by atoms with van der Waals surface area (Å²) < 4.78 is 6.32. The van der Waals surface area contributed by atoms with Crippen LogP contribution >= 0.6 is 27.3 Å². The summed E-state index contributed by atoms with van der Waals surface area (Å²) in [4.78, 5) is 5.38. The van der Waals surface area contributed by atoms with E-state index in [0.29, 0.717) is 11.7 Å². The number of nitrogens with zero attached hydrogens (tertiary/aromatic N) is 2. The zero-order valence-corrected chi connectivity index (χ0v) is 12.1. The molecule has 2 aromatic rings. The number of rotatable bonds is 4. The van der Waals surface area contributed by atoms with Gasteiger partial charge in [0.05, 0.1) is 14.6 Å². The van der Waals surface area contributed by atoms with Gasteiger partial charge in [-0.2, -0.15) is 4.98 Å². The fraction of sp³-hybridized carbons (Fsp3) is 0.455. The number of hydrogen-bond acceptors (Lipinski definition) is 5. The molecule has 0 bridgehead atoms. The van der Waals surface area contributed by atoms with Gasteiger partial charge in [0.1, 0.15) is 0 Å². The van der Waals surface area contributed by atoms with Crippen molar-refractivity contribution in [3.8, 4) is 10.7 Å². The van der Waals surface area contributed by atoms with Crippen molar-refractivity contribution in [2.24, 2.45) is 5.73 Å². The van der Waals surface area contributed by atoms with Crippen molar-refractivity contribution in [2.75, 3.05) is 0 Å². The molecule has 2 aromatic heterocycles. The molecule has 4 nitrogen and oxygen atoms in total. The maximum atomic E-state index is 5.97. The Hall–Kier alpha value is -0.720. The van der Waals surface area contributed by atoms with Gasteiger partial charge in [0.25, 0.3) is 0 Å². The molecule has 92 valence electrons. The summed E-state index contributed by atoms with van der Waals surface area (Å²) in [6, 6.07) is 3.99. The van der Waals surface area contributed by atoms with Crippen molar-refractivity contribution < 1.29 is 4.52 Å². The van der Waals surface area contributed by atoms with Crippen LogP contribution in [0.15, 0.2) is 20.4 Å². The molecule has 0 amide bonds. The van der Waals surface area contributed by atoms with Crippen LogP contribution in [0.1, 0.15) is 32.1 Å². The fourth-order valence-electron chi connectivity index (χ4n) is 1.49. The van der Waals surface area contributed by atoms with Crippen molar-refractivity contribution in [1.82, 2.24) is 10.1 Å². The average Bonchev–Trinajstić information content (AvgIpc) is 2.95. The molecule has 2 N–H and O–H groups in total. The Morgan fingerprint density at radius 2 is 2.29 bits per heavy atom. The first-order chi connectivity index (χ1) is 8.11. The van der Waals surface area contributed by atoms with E-state index < -0.39 is 0 Å². The lowest BCUT2D eigenvalue weighted by molar-refractivity contribution is 0.340. The first-order valence-corrected chi connectivity index (χ1v) is 7.07. The third kappa shape index (κ3) is 2.75. The van der Waals surface area contributed by atoms with E-state index in [1.807, 2.05) is 19.1 Å². The van der Waals surface area contributed by atoms with Crippen LogP contribution in [-0.2, 0) is 0 Å². The summed E-state index contributed by atoms with van der Waals surface area (Å²) in [5, 5.41) is 3.99. The molecule has 0 saturated heterocycles. The standard InChI is InChI=1S/C11H14BrN3OS/c1-3-7(13)6(2)11-14-10(15-16-11)8-4-5-9(12)17-8/h4-7H,3,13H2,1-2H3. The lowest BCUT2D eigenvalue weighted by Gasteiger charge is -2.13. The van der Waals surface area contributed by atoms with Gasteiger partial charge in [-0.25, -0.2) is 0 Å². The molecular weight excluding hydrogens is 302 g/mol. The molecule has 2 rings (SSSR count). The Labute approximate surface area is 112 Å². The smallest absolute Gasteiger partial charge is 0.231 e. The van der Waals surface area contributed by atoms with Gasteiger partial charge in [-0.05, 0) is 34.5 Å². The minimum Gasteiger partial charge on any atom is -0.339 e. The number of nitrogens with two attached hydrogens (primary N) is 1. The highest BCUT2D eigenvalue weighted by molar-refractivity contribution is 9.11. The molecule has 0 fully saturated rings. The van der Waals surface area contributed by atoms with Gasteiger partial charge in [0.15, 0.2) is 0 Å². The second kappa shape index (κ2) is 5.29. The van der Waals surface area contributed by atoms with Crippen LogP contribution in [-0.4, -0.2) is 16.2 Å². The molecule has 0 saturated carbocycles. The maximum Gasteiger partial charge on any atom is 0.231 e. The molecule has 0 aliphatic carbocycles. The molecule has 0 radical (unpaired) electrons. The fourth-order valence-corrected chi connectivity index (χ4v) is 2.80. The average molecular weight is 316 g/mol. The van der Waals surface area contributed by atoms with Crippen molar-refractivity contribution in [3.05, 3.63) is 21.8 Å². The number of aromatic nitrogens is 2. The molecule has 0 aliphatic heterocycles. The molecule has 2 heterocycles. The van der Waals surface area contributed by atoms with Gasteiger partial charge in [-0.1, -0.05) is 19.0 Å². The van der Waals surface area contributed by atoms with Crippen molar-refractivity contribution >= 4 is 27.3 Å². The van der Waals surface area contributed by atoms with Crippen LogP contribution in [0.4, 0.5) is 0 Å². The zero-order valence-electron chi connectivity index (χ0n) is 9.68. The molecular formula is C11H14BrN3OS. The normalized spacial score (nSPS) is 14.8. The summed E-state index contributed by atoms with van der Waals surface area (Å²) >= 11 is 4.99. The van der Waals surface area contributed by atoms with Gasteiger partial charge in [-0.3, -0.25) is 0 Å². The van der Waals surface area contributed by atoms with E-state index >= 15 is 0 Å². The first-order valence-electron chi connectivity index (χ1n) is 5.46. The van der Waals surface area contributed by atoms with Crippen LogP contribution in [0.3, 0.4) is 0 Å². The SMILES string of the molecule is CCC(N)C(C)c1nc(-c2ccc(Br)s2)no1. The van der Waals surface area contributed by atoms with Gasteiger partial charge in [0.2, 0.25) is 11.7 Å². The van der Waals surface area contributed by atoms with Crippen LogP contribution in [0.25, 0.3) is 10.7 Å². The molecule has 0 aliphatic rings. The Kier molecular flexibility index (Phi) is 3.96. The Balaban J connectivity index is 2.21. The highest BCUT2D eigenvalue weighted by Crippen LogP contribution is 2.30. The van der Waals surface area contributed by atoms with Gasteiger partial charge >= 0.3 is 0 Å². The van der Waals surface area contributed by atoms with Crippen LogP contribution in [0.2, 0.25) is 0 Å². The van der Waals surface area contributed by atoms with Gasteiger partial charge in [-0.15, -0.1) is 11.3 Å². The van der Waals surface area contributed by atoms with E-state index in [2.05, 4.69) is 33.0 Å². The number of halogens is 1. The molecule has 17 heavy (non-hydrogen) atoms. The van der Waals surface area contributed by atoms with Gasteiger partial charge in [0, 0.05) is 6.04 Å². The second-order valence-electron chi connectivity index (χ2n) is 3.92. The van der Waals surface area contributed by atoms with Crippen molar-refractivity contribution in [2.45, 2.75) is 32.2 Å². The van der Waals surface area contributed by atoms with Crippen LogP contribution < -0.4 is 5.73 Å². The minimum atomic E-state index is 0.0540. The first kappa shape index (κ1) is 12.7. The predicted octanol–water partition coefficient (Wildman–Crippen LogP) is 3.40. The summed E-state index contributed by atoms with van der Waals surface area (Å²) in [5.41, 5.74) is 5.97. The highest BCUT2D eigenvalue weighted by atomic mass is 79.9. The van der Waals surface area contributed by atoms with E-state index in [-0.39, 0.29) is 12.0 Å². The topological polar surface area (TPSA) is 64.9 Å². The summed E-state index contributed by atoms with van der Waals surface area (Å²) in [5.74, 6) is 1.33. The molecule has 0 aromatic carbocycles. The number of hydrogen-bond donors (Lipinski definition) is 1. The molecule has 2 atom stereocenters. The van der Waals surface area contributed by atoms with E-state index in [1.165, 1.54) is 0 Å². The maximum absolute atomic E-state index is 5.97. The summed E-state index contributed by atoms with van der Waals surface area (Å²) in [6.07, 6.45) is 0.892. The zero-order chi connectivity index (χ0) is 12.4. The summed E-state index contributed by atoms with van der Waals surface area (Å²) in [6.45, 7) is 4.06. The van der Waals surface area contributed by atoms with Crippen LogP contribution in [0.5, 0.6) is 0 Å². The monoisotopic (exact) mass is 315 g/mol. The third-order valence-electron chi connectivity index (χ3n) is 2.74. The molecule has 6 heteroatoms. The lowest BCUT2D eigenvalue weighted by atomic mass is 10.0. The van der Waals surface area contributed by atoms with E-state index in [9.17, 15) is 0 Å². The van der Waals surface area contributed by atoms with E-state index in [4.69, 9.17) is 10.3 Å². The Morgan fingerprint density at radius 1 is 1.53 bits per heavy atom. The van der Waals surface area contributed by atoms with E-state index in [1.54, 1.807) is 11.3 Å². The van der Waals surface area contributed by atoms with Crippen LogP contribution in [0, 0.1) is 0 Å². The van der Waals surface area contributed by atoms with Crippen molar-refractivity contribution in [3.63, 3.8) is 0 Å². The minimum absolute atomic E-state index is 0.0540. The van der Waals surface area contributed by atoms with E-state index in [0.717, 1.165) is 15.1 Å². The summed E-state index contributed by atoms with van der Waals surface area (Å²) in [7, 11) is 0. The van der Waals surface area contributed by atoms with Gasteiger partial charge < -0.3 is 10.3 Å². The largest absolute Gasteiger partial charge is 0.339 e. The Bertz CT molecular complexity index is 496. The van der Waals surface area contributed by atoms with Crippen molar-refractivity contribution in [1.29, 1.82) is 0 Å². The second-order valence-corrected chi connectivity index (χ2v) is 6.38. The Morgan fingerprint density at radius 3 is 2.88 bits per heavy atom. The number of thiophene rings is 1. The molecule has 0 spiro atoms. The third-order valence-corrected chi connectivity index (χ3v) is 4.36. The highest BCUT2D eigenvalue weighted by Gasteiger charge is 2.20. The quantitative estimate of drug-likeness (QED) is 0.939. The lowest BCUT2D eigenvalue weighted by Crippen LogP contribution is -2.25. The predicted molar refractivity (Wildman–Crippen MR) is 72.0 cm³/mol. The molecule has 2 unspecified atom stereocenters.